The molecule has 0 radical (unpaired) electrons. The minimum absolute atomic E-state index is 0.0128. The highest BCUT2D eigenvalue weighted by molar-refractivity contribution is 7.92. The van der Waals surface area contributed by atoms with Crippen LogP contribution in [0.15, 0.2) is 53.9 Å². The molecule has 1 aliphatic carbocycles. The van der Waals surface area contributed by atoms with Crippen LogP contribution >= 0.6 is 11.6 Å². The van der Waals surface area contributed by atoms with Crippen molar-refractivity contribution in [3.8, 4) is 5.75 Å². The summed E-state index contributed by atoms with van der Waals surface area (Å²) in [6.07, 6.45) is 2.21. The second-order valence-corrected chi connectivity index (χ2v) is 10.2. The van der Waals surface area contributed by atoms with E-state index in [1.54, 1.807) is 6.08 Å². The molecule has 8 heteroatoms. The van der Waals surface area contributed by atoms with Gasteiger partial charge in [-0.3, -0.25) is 0 Å². The van der Waals surface area contributed by atoms with E-state index in [4.69, 9.17) is 21.1 Å². The Hall–Kier alpha value is -1.96. The molecule has 1 heterocycles. The minimum atomic E-state index is -4.12. The lowest BCUT2D eigenvalue weighted by Crippen LogP contribution is -2.53. The average Bonchev–Trinajstić information content (AvgIpc) is 2.74. The maximum Gasteiger partial charge on any atom is 0.188 e. The Kier molecular flexibility index (Phi) is 5.64. The van der Waals surface area contributed by atoms with E-state index in [0.717, 1.165) is 12.1 Å². The smallest absolute Gasteiger partial charge is 0.188 e. The van der Waals surface area contributed by atoms with Crippen LogP contribution in [0.2, 0.25) is 5.02 Å². The number of ether oxygens (including phenoxy) is 2. The van der Waals surface area contributed by atoms with Gasteiger partial charge < -0.3 is 9.47 Å². The van der Waals surface area contributed by atoms with Crippen LogP contribution in [0.25, 0.3) is 0 Å². The zero-order valence-corrected chi connectivity index (χ0v) is 17.7. The summed E-state index contributed by atoms with van der Waals surface area (Å²) < 4.78 is 67.2. The maximum absolute atomic E-state index is 15.1. The highest BCUT2D eigenvalue weighted by atomic mass is 35.5. The Bertz CT molecular complexity index is 1070. The molecule has 2 aromatic rings. The topological polar surface area (TPSA) is 52.6 Å². The molecule has 3 unspecified atom stereocenters. The monoisotopic (exact) mass is 454 g/mol. The van der Waals surface area contributed by atoms with Crippen LogP contribution < -0.4 is 4.74 Å². The molecular weight excluding hydrogens is 434 g/mol. The molecule has 0 bridgehead atoms. The van der Waals surface area contributed by atoms with Gasteiger partial charge in [0.2, 0.25) is 0 Å². The normalized spacial score (nSPS) is 25.7. The lowest BCUT2D eigenvalue weighted by Gasteiger charge is -2.48. The van der Waals surface area contributed by atoms with Crippen LogP contribution in [0, 0.1) is 17.6 Å². The van der Waals surface area contributed by atoms with Gasteiger partial charge in [0.15, 0.2) is 21.4 Å². The summed E-state index contributed by atoms with van der Waals surface area (Å²) in [7, 11) is -4.12. The van der Waals surface area contributed by atoms with Crippen LogP contribution in [0.1, 0.15) is 24.8 Å². The molecule has 0 saturated heterocycles. The number of rotatable bonds is 5. The van der Waals surface area contributed by atoms with E-state index in [1.165, 1.54) is 24.3 Å². The molecule has 30 heavy (non-hydrogen) atoms. The van der Waals surface area contributed by atoms with E-state index in [0.29, 0.717) is 24.5 Å². The van der Waals surface area contributed by atoms with Crippen molar-refractivity contribution in [3.63, 3.8) is 0 Å². The van der Waals surface area contributed by atoms with Gasteiger partial charge in [-0.15, -0.1) is 6.58 Å². The van der Waals surface area contributed by atoms with Crippen molar-refractivity contribution >= 4 is 21.4 Å². The third kappa shape index (κ3) is 3.24. The lowest BCUT2D eigenvalue weighted by atomic mass is 9.72. The van der Waals surface area contributed by atoms with E-state index in [2.05, 4.69) is 6.58 Å². The molecule has 1 aliphatic heterocycles. The van der Waals surface area contributed by atoms with E-state index in [-0.39, 0.29) is 35.3 Å². The zero-order valence-electron chi connectivity index (χ0n) is 16.1. The highest BCUT2D eigenvalue weighted by Crippen LogP contribution is 2.56. The lowest BCUT2D eigenvalue weighted by molar-refractivity contribution is -0.00386. The molecule has 0 spiro atoms. The molecule has 160 valence electrons. The molecule has 3 atom stereocenters. The van der Waals surface area contributed by atoms with Crippen LogP contribution in [0.4, 0.5) is 8.78 Å². The van der Waals surface area contributed by atoms with Crippen molar-refractivity contribution in [2.45, 2.75) is 35.0 Å². The Morgan fingerprint density at radius 2 is 1.90 bits per heavy atom. The van der Waals surface area contributed by atoms with Crippen molar-refractivity contribution in [2.24, 2.45) is 5.92 Å². The first-order valence-electron chi connectivity index (χ1n) is 9.65. The Balaban J connectivity index is 1.91. The molecule has 0 aromatic heterocycles. The summed E-state index contributed by atoms with van der Waals surface area (Å²) in [6.45, 7) is 3.91. The Morgan fingerprint density at radius 1 is 1.20 bits per heavy atom. The second-order valence-electron chi connectivity index (χ2n) is 7.61. The Labute approximate surface area is 179 Å². The van der Waals surface area contributed by atoms with Crippen molar-refractivity contribution in [3.05, 3.63) is 71.3 Å². The molecule has 1 fully saturated rings. The zero-order chi connectivity index (χ0) is 21.5. The quantitative estimate of drug-likeness (QED) is 0.593. The number of fused-ring (bicyclic) bond motifs is 3. The van der Waals surface area contributed by atoms with Crippen LogP contribution in [0.5, 0.6) is 5.75 Å². The first-order chi connectivity index (χ1) is 14.3. The van der Waals surface area contributed by atoms with E-state index in [9.17, 15) is 12.8 Å². The fraction of sp³-hybridized carbons (Fsp3) is 0.364. The second kappa shape index (κ2) is 7.94. The van der Waals surface area contributed by atoms with Gasteiger partial charge in [0.1, 0.15) is 10.6 Å². The van der Waals surface area contributed by atoms with Gasteiger partial charge in [0.25, 0.3) is 0 Å². The van der Waals surface area contributed by atoms with E-state index in [1.807, 2.05) is 0 Å². The molecule has 0 N–H and O–H groups in total. The summed E-state index contributed by atoms with van der Waals surface area (Å²) in [5, 5.41) is 0.383. The van der Waals surface area contributed by atoms with Gasteiger partial charge in [-0.1, -0.05) is 17.7 Å². The first-order valence-corrected chi connectivity index (χ1v) is 11.5. The molecule has 0 amide bonds. The third-order valence-corrected chi connectivity index (χ3v) is 8.85. The van der Waals surface area contributed by atoms with Crippen molar-refractivity contribution in [2.75, 3.05) is 13.2 Å². The van der Waals surface area contributed by atoms with Gasteiger partial charge >= 0.3 is 0 Å². The Morgan fingerprint density at radius 3 is 2.60 bits per heavy atom. The number of benzene rings is 2. The van der Waals surface area contributed by atoms with Crippen LogP contribution in [-0.4, -0.2) is 27.7 Å². The average molecular weight is 455 g/mol. The van der Waals surface area contributed by atoms with Crippen molar-refractivity contribution < 1.29 is 26.7 Å². The van der Waals surface area contributed by atoms with Crippen molar-refractivity contribution in [1.82, 2.24) is 0 Å². The molecule has 2 aromatic carbocycles. The molecule has 4 nitrogen and oxygen atoms in total. The molecule has 2 aliphatic rings. The number of hydrogen-bond donors (Lipinski definition) is 0. The summed E-state index contributed by atoms with van der Waals surface area (Å²) in [6, 6.07) is 7.66. The molecular formula is C22H21ClF2O4S. The van der Waals surface area contributed by atoms with Gasteiger partial charge in [-0.25, -0.2) is 17.2 Å². The van der Waals surface area contributed by atoms with Crippen LogP contribution in [0.3, 0.4) is 0 Å². The van der Waals surface area contributed by atoms with E-state index < -0.39 is 32.1 Å². The summed E-state index contributed by atoms with van der Waals surface area (Å²) in [4.78, 5) is 0.0128. The predicted molar refractivity (Wildman–Crippen MR) is 109 cm³/mol. The molecule has 1 saturated carbocycles. The SMILES string of the molecule is C=CCOC1CCC2(S(=O)(=O)c3ccc(Cl)cc3)c3c(F)ccc(F)c3OCC2C1. The van der Waals surface area contributed by atoms with Gasteiger partial charge in [-0.05, 0) is 55.7 Å². The standard InChI is InChI=1S/C22H21ClF2O4S/c1-2-11-28-16-9-10-22(30(26,27)17-5-3-15(23)4-6-17)14(12-16)13-29-21-19(25)8-7-18(24)20(21)22/h2-8,14,16H,1,9-13H2. The predicted octanol–water partition coefficient (Wildman–Crippen LogP) is 5.05. The van der Waals surface area contributed by atoms with Crippen LogP contribution in [-0.2, 0) is 19.3 Å². The number of hydrogen-bond acceptors (Lipinski definition) is 4. The summed E-state index contributed by atoms with van der Waals surface area (Å²) in [5.41, 5.74) is -0.226. The summed E-state index contributed by atoms with van der Waals surface area (Å²) in [5.74, 6) is -2.50. The fourth-order valence-corrected chi connectivity index (χ4v) is 7.15. The molecule has 4 rings (SSSR count). The van der Waals surface area contributed by atoms with Crippen molar-refractivity contribution in [1.29, 1.82) is 0 Å². The van der Waals surface area contributed by atoms with Gasteiger partial charge in [0.05, 0.1) is 29.8 Å². The summed E-state index contributed by atoms with van der Waals surface area (Å²) >= 11 is 5.93. The largest absolute Gasteiger partial charge is 0.490 e. The van der Waals surface area contributed by atoms with Gasteiger partial charge in [-0.2, -0.15) is 0 Å². The third-order valence-electron chi connectivity index (χ3n) is 6.01. The maximum atomic E-state index is 15.1. The minimum Gasteiger partial charge on any atom is -0.490 e. The first kappa shape index (κ1) is 21.3. The fourth-order valence-electron chi connectivity index (χ4n) is 4.66. The highest BCUT2D eigenvalue weighted by Gasteiger charge is 2.59. The van der Waals surface area contributed by atoms with E-state index >= 15 is 4.39 Å². The number of sulfone groups is 1. The number of halogens is 3. The van der Waals surface area contributed by atoms with Gasteiger partial charge in [0, 0.05) is 10.9 Å².